The molecule has 0 saturated carbocycles. The third-order valence-corrected chi connectivity index (χ3v) is 3.93. The van der Waals surface area contributed by atoms with Gasteiger partial charge in [0.05, 0.1) is 11.3 Å². The summed E-state index contributed by atoms with van der Waals surface area (Å²) in [6.45, 7) is 0.980. The fourth-order valence-electron chi connectivity index (χ4n) is 2.08. The number of thioether (sulfide) groups is 1. The van der Waals surface area contributed by atoms with Crippen molar-refractivity contribution in [2.75, 3.05) is 23.5 Å². The molecule has 0 unspecified atom stereocenters. The van der Waals surface area contributed by atoms with Crippen molar-refractivity contribution in [2.45, 2.75) is 11.8 Å². The lowest BCUT2D eigenvalue weighted by atomic mass is 10.2. The zero-order valence-electron chi connectivity index (χ0n) is 13.9. The number of esters is 1. The van der Waals surface area contributed by atoms with E-state index in [1.54, 1.807) is 24.3 Å². The van der Waals surface area contributed by atoms with E-state index in [1.807, 2.05) is 24.5 Å². The summed E-state index contributed by atoms with van der Waals surface area (Å²) >= 11 is 1.51. The Bertz CT molecular complexity index is 792. The fraction of sp³-hybridized carbons (Fsp3) is 0.167. The molecule has 0 spiro atoms. The Morgan fingerprint density at radius 1 is 1.04 bits per heavy atom. The van der Waals surface area contributed by atoms with Crippen molar-refractivity contribution in [3.05, 3.63) is 54.1 Å². The van der Waals surface area contributed by atoms with Crippen LogP contribution in [-0.4, -0.2) is 30.6 Å². The molecule has 2 rings (SSSR count). The summed E-state index contributed by atoms with van der Waals surface area (Å²) in [5.74, 6) is -1.30. The molecule has 2 aromatic rings. The number of para-hydroxylation sites is 1. The standard InChI is InChI=1S/C18H18N2O4S/c1-12(21)19-14-7-5-6-13(10-14)18(23)24-11-17(22)20-15-8-3-4-9-16(15)25-2/h3-10H,11H2,1-2H3,(H,19,21)(H,20,22). The van der Waals surface area contributed by atoms with Gasteiger partial charge in [0, 0.05) is 17.5 Å². The van der Waals surface area contributed by atoms with Crippen molar-refractivity contribution < 1.29 is 19.1 Å². The number of anilines is 2. The molecule has 0 aromatic heterocycles. The molecule has 0 heterocycles. The van der Waals surface area contributed by atoms with Gasteiger partial charge in [-0.3, -0.25) is 9.59 Å². The van der Waals surface area contributed by atoms with E-state index in [0.29, 0.717) is 11.4 Å². The molecule has 0 aliphatic carbocycles. The maximum Gasteiger partial charge on any atom is 0.338 e. The number of carbonyl (C=O) groups excluding carboxylic acids is 3. The monoisotopic (exact) mass is 358 g/mol. The predicted molar refractivity (Wildman–Crippen MR) is 97.9 cm³/mol. The molecule has 2 amide bonds. The number of nitrogens with one attached hydrogen (secondary N) is 2. The summed E-state index contributed by atoms with van der Waals surface area (Å²) in [4.78, 5) is 36.0. The third-order valence-electron chi connectivity index (χ3n) is 3.13. The zero-order chi connectivity index (χ0) is 18.2. The minimum Gasteiger partial charge on any atom is -0.452 e. The molecule has 0 aliphatic heterocycles. The van der Waals surface area contributed by atoms with E-state index in [9.17, 15) is 14.4 Å². The van der Waals surface area contributed by atoms with Crippen LogP contribution in [0.15, 0.2) is 53.4 Å². The molecule has 0 fully saturated rings. The lowest BCUT2D eigenvalue weighted by molar-refractivity contribution is -0.119. The number of ether oxygens (including phenoxy) is 1. The Kier molecular flexibility index (Phi) is 6.59. The molecule has 25 heavy (non-hydrogen) atoms. The Labute approximate surface area is 149 Å². The zero-order valence-corrected chi connectivity index (χ0v) is 14.7. The maximum atomic E-state index is 12.0. The van der Waals surface area contributed by atoms with Gasteiger partial charge in [0.25, 0.3) is 5.91 Å². The van der Waals surface area contributed by atoms with Crippen molar-refractivity contribution in [1.29, 1.82) is 0 Å². The molecular weight excluding hydrogens is 340 g/mol. The lowest BCUT2D eigenvalue weighted by Gasteiger charge is -2.10. The molecule has 0 bridgehead atoms. The van der Waals surface area contributed by atoms with Gasteiger partial charge in [0.15, 0.2) is 6.61 Å². The smallest absolute Gasteiger partial charge is 0.338 e. The van der Waals surface area contributed by atoms with Gasteiger partial charge in [0.2, 0.25) is 5.91 Å². The molecule has 2 aromatic carbocycles. The van der Waals surface area contributed by atoms with Gasteiger partial charge < -0.3 is 15.4 Å². The predicted octanol–water partition coefficient (Wildman–Crippen LogP) is 3.16. The lowest BCUT2D eigenvalue weighted by Crippen LogP contribution is -2.21. The highest BCUT2D eigenvalue weighted by atomic mass is 32.2. The van der Waals surface area contributed by atoms with Gasteiger partial charge in [-0.1, -0.05) is 18.2 Å². The van der Waals surface area contributed by atoms with E-state index in [0.717, 1.165) is 4.90 Å². The highest BCUT2D eigenvalue weighted by Crippen LogP contribution is 2.24. The van der Waals surface area contributed by atoms with E-state index in [-0.39, 0.29) is 11.5 Å². The normalized spacial score (nSPS) is 10.0. The van der Waals surface area contributed by atoms with Crippen LogP contribution >= 0.6 is 11.8 Å². The number of benzene rings is 2. The fourth-order valence-corrected chi connectivity index (χ4v) is 2.63. The van der Waals surface area contributed by atoms with Gasteiger partial charge in [-0.15, -0.1) is 11.8 Å². The highest BCUT2D eigenvalue weighted by Gasteiger charge is 2.12. The first-order chi connectivity index (χ1) is 12.0. The molecule has 0 atom stereocenters. The van der Waals surface area contributed by atoms with Crippen LogP contribution in [-0.2, 0) is 14.3 Å². The average molecular weight is 358 g/mol. The minimum absolute atomic E-state index is 0.239. The van der Waals surface area contributed by atoms with E-state index in [1.165, 1.54) is 24.8 Å². The van der Waals surface area contributed by atoms with E-state index in [4.69, 9.17) is 4.74 Å². The molecule has 6 nitrogen and oxygen atoms in total. The van der Waals surface area contributed by atoms with Crippen LogP contribution in [0.5, 0.6) is 0 Å². The van der Waals surface area contributed by atoms with Crippen LogP contribution in [0.25, 0.3) is 0 Å². The highest BCUT2D eigenvalue weighted by molar-refractivity contribution is 7.98. The second kappa shape index (κ2) is 8.89. The first-order valence-corrected chi connectivity index (χ1v) is 8.69. The van der Waals surface area contributed by atoms with Crippen molar-refractivity contribution >= 4 is 40.9 Å². The van der Waals surface area contributed by atoms with Crippen LogP contribution in [0.3, 0.4) is 0 Å². The van der Waals surface area contributed by atoms with Crippen LogP contribution in [0.2, 0.25) is 0 Å². The number of hydrogen-bond acceptors (Lipinski definition) is 5. The van der Waals surface area contributed by atoms with Gasteiger partial charge >= 0.3 is 5.97 Å². The summed E-state index contributed by atoms with van der Waals surface area (Å²) in [6.07, 6.45) is 1.91. The Balaban J connectivity index is 1.93. The van der Waals surface area contributed by atoms with Crippen molar-refractivity contribution in [3.63, 3.8) is 0 Å². The Hall–Kier alpha value is -2.80. The second-order valence-electron chi connectivity index (χ2n) is 5.09. The van der Waals surface area contributed by atoms with Gasteiger partial charge in [0.1, 0.15) is 0 Å². The Morgan fingerprint density at radius 3 is 2.52 bits per heavy atom. The maximum absolute atomic E-state index is 12.0. The van der Waals surface area contributed by atoms with E-state index in [2.05, 4.69) is 10.6 Å². The SMILES string of the molecule is CSc1ccccc1NC(=O)COC(=O)c1cccc(NC(C)=O)c1. The van der Waals surface area contributed by atoms with Gasteiger partial charge in [-0.2, -0.15) is 0 Å². The quantitative estimate of drug-likeness (QED) is 0.612. The first kappa shape index (κ1) is 18.5. The van der Waals surface area contributed by atoms with Gasteiger partial charge in [-0.25, -0.2) is 4.79 Å². The molecule has 2 N–H and O–H groups in total. The first-order valence-electron chi connectivity index (χ1n) is 7.47. The van der Waals surface area contributed by atoms with E-state index < -0.39 is 18.5 Å². The summed E-state index contributed by atoms with van der Waals surface area (Å²) in [5.41, 5.74) is 1.41. The topological polar surface area (TPSA) is 84.5 Å². The molecule has 0 aliphatic rings. The summed E-state index contributed by atoms with van der Waals surface area (Å²) in [6, 6.07) is 13.7. The molecule has 130 valence electrons. The minimum atomic E-state index is -0.638. The molecule has 0 radical (unpaired) electrons. The third kappa shape index (κ3) is 5.65. The number of hydrogen-bond donors (Lipinski definition) is 2. The van der Waals surface area contributed by atoms with Crippen LogP contribution < -0.4 is 10.6 Å². The molecular formula is C18H18N2O4S. The van der Waals surface area contributed by atoms with E-state index >= 15 is 0 Å². The van der Waals surface area contributed by atoms with Crippen LogP contribution in [0.1, 0.15) is 17.3 Å². The Morgan fingerprint density at radius 2 is 1.80 bits per heavy atom. The van der Waals surface area contributed by atoms with Crippen molar-refractivity contribution in [1.82, 2.24) is 0 Å². The number of amides is 2. The molecule has 7 heteroatoms. The van der Waals surface area contributed by atoms with Crippen LogP contribution in [0.4, 0.5) is 11.4 Å². The van der Waals surface area contributed by atoms with Crippen LogP contribution in [0, 0.1) is 0 Å². The van der Waals surface area contributed by atoms with Crippen molar-refractivity contribution in [3.8, 4) is 0 Å². The second-order valence-corrected chi connectivity index (χ2v) is 5.93. The summed E-state index contributed by atoms with van der Waals surface area (Å²) < 4.78 is 5.03. The molecule has 0 saturated heterocycles. The average Bonchev–Trinajstić information content (AvgIpc) is 2.60. The summed E-state index contributed by atoms with van der Waals surface area (Å²) in [7, 11) is 0. The van der Waals surface area contributed by atoms with Crippen molar-refractivity contribution in [2.24, 2.45) is 0 Å². The summed E-state index contributed by atoms with van der Waals surface area (Å²) in [5, 5.41) is 5.29. The number of carbonyl (C=O) groups is 3. The largest absolute Gasteiger partial charge is 0.452 e. The number of rotatable bonds is 6. The van der Waals surface area contributed by atoms with Gasteiger partial charge in [-0.05, 0) is 36.6 Å².